The largest absolute Gasteiger partial charge is 0.378 e. The van der Waals surface area contributed by atoms with Crippen molar-refractivity contribution in [3.63, 3.8) is 0 Å². The third kappa shape index (κ3) is 6.23. The van der Waals surface area contributed by atoms with Crippen molar-refractivity contribution < 1.29 is 14.3 Å². The molecule has 2 aliphatic rings. The second kappa shape index (κ2) is 10.9. The molecule has 0 bridgehead atoms. The minimum absolute atomic E-state index is 0. The van der Waals surface area contributed by atoms with Crippen LogP contribution in [0.2, 0.25) is 0 Å². The predicted molar refractivity (Wildman–Crippen MR) is 105 cm³/mol. The molecule has 0 radical (unpaired) electrons. The fraction of sp³-hybridized carbons (Fsp3) is 0.667. The van der Waals surface area contributed by atoms with Crippen molar-refractivity contribution >= 4 is 35.6 Å². The fourth-order valence-corrected chi connectivity index (χ4v) is 4.10. The molecule has 3 rings (SSSR count). The van der Waals surface area contributed by atoms with Crippen LogP contribution in [0.1, 0.15) is 24.1 Å². The van der Waals surface area contributed by atoms with Gasteiger partial charge in [-0.15, -0.1) is 23.7 Å². The number of halogens is 1. The molecule has 3 heterocycles. The smallest absolute Gasteiger partial charge is 0.224 e. The highest BCUT2D eigenvalue weighted by Crippen LogP contribution is 2.19. The van der Waals surface area contributed by atoms with Gasteiger partial charge in [0.05, 0.1) is 13.2 Å². The van der Waals surface area contributed by atoms with E-state index in [1.165, 1.54) is 4.88 Å². The molecule has 8 heteroatoms. The van der Waals surface area contributed by atoms with E-state index in [1.807, 2.05) is 11.0 Å². The first-order valence-electron chi connectivity index (χ1n) is 9.11. The Morgan fingerprint density at radius 3 is 2.81 bits per heavy atom. The van der Waals surface area contributed by atoms with E-state index in [9.17, 15) is 9.59 Å². The monoisotopic (exact) mass is 401 g/mol. The van der Waals surface area contributed by atoms with Gasteiger partial charge < -0.3 is 20.3 Å². The SMILES string of the molecule is Cl.O=C(NCCc1cccs1)C1CCN(C(=O)CC2COCCN2)CC1. The van der Waals surface area contributed by atoms with Gasteiger partial charge in [0.2, 0.25) is 11.8 Å². The van der Waals surface area contributed by atoms with Gasteiger partial charge in [0.15, 0.2) is 0 Å². The third-order valence-corrected chi connectivity index (χ3v) is 5.82. The lowest BCUT2D eigenvalue weighted by molar-refractivity contribution is -0.136. The minimum atomic E-state index is 0. The molecular formula is C18H28ClN3O3S. The number of piperidine rings is 1. The number of rotatable bonds is 6. The van der Waals surface area contributed by atoms with Crippen LogP contribution in [-0.4, -0.2) is 62.1 Å². The van der Waals surface area contributed by atoms with Crippen LogP contribution >= 0.6 is 23.7 Å². The zero-order valence-electron chi connectivity index (χ0n) is 14.9. The van der Waals surface area contributed by atoms with Crippen LogP contribution in [0, 0.1) is 5.92 Å². The number of hydrogen-bond donors (Lipinski definition) is 2. The van der Waals surface area contributed by atoms with Crippen molar-refractivity contribution in [2.45, 2.75) is 31.7 Å². The standard InChI is InChI=1S/C18H27N3O3S.ClH/c22-17(12-15-13-24-10-7-19-15)21-8-4-14(5-9-21)18(23)20-6-3-16-2-1-11-25-16;/h1-2,11,14-15,19H,3-10,12-13H2,(H,20,23);1H. The summed E-state index contributed by atoms with van der Waals surface area (Å²) < 4.78 is 5.40. The number of amides is 2. The Morgan fingerprint density at radius 1 is 1.35 bits per heavy atom. The molecule has 0 spiro atoms. The zero-order chi connectivity index (χ0) is 17.5. The highest BCUT2D eigenvalue weighted by molar-refractivity contribution is 7.09. The Bertz CT molecular complexity index is 556. The number of nitrogens with one attached hydrogen (secondary N) is 2. The van der Waals surface area contributed by atoms with Gasteiger partial charge in [0, 0.05) is 49.4 Å². The summed E-state index contributed by atoms with van der Waals surface area (Å²) in [6.45, 7) is 4.18. The minimum Gasteiger partial charge on any atom is -0.378 e. The van der Waals surface area contributed by atoms with E-state index >= 15 is 0 Å². The number of carbonyl (C=O) groups excluding carboxylic acids is 2. The molecular weight excluding hydrogens is 374 g/mol. The quantitative estimate of drug-likeness (QED) is 0.756. The van der Waals surface area contributed by atoms with E-state index in [1.54, 1.807) is 11.3 Å². The second-order valence-electron chi connectivity index (χ2n) is 6.71. The average Bonchev–Trinajstić information content (AvgIpc) is 3.16. The number of morpholine rings is 1. The van der Waals surface area contributed by atoms with E-state index in [0.29, 0.717) is 32.7 Å². The second-order valence-corrected chi connectivity index (χ2v) is 7.74. The Balaban J connectivity index is 0.00000243. The van der Waals surface area contributed by atoms with Gasteiger partial charge in [0.1, 0.15) is 0 Å². The predicted octanol–water partition coefficient (Wildman–Crippen LogP) is 1.45. The van der Waals surface area contributed by atoms with Crippen LogP contribution in [0.15, 0.2) is 17.5 Å². The Labute approximate surface area is 165 Å². The first-order valence-corrected chi connectivity index (χ1v) is 9.99. The van der Waals surface area contributed by atoms with E-state index in [0.717, 1.165) is 32.4 Å². The fourth-order valence-electron chi connectivity index (χ4n) is 3.39. The topological polar surface area (TPSA) is 70.7 Å². The van der Waals surface area contributed by atoms with Gasteiger partial charge >= 0.3 is 0 Å². The maximum absolute atomic E-state index is 12.4. The van der Waals surface area contributed by atoms with Crippen LogP contribution in [0.4, 0.5) is 0 Å². The molecule has 2 amide bonds. The summed E-state index contributed by atoms with van der Waals surface area (Å²) in [6, 6.07) is 4.25. The summed E-state index contributed by atoms with van der Waals surface area (Å²) in [5.41, 5.74) is 0. The van der Waals surface area contributed by atoms with Gasteiger partial charge in [-0.1, -0.05) is 6.07 Å². The average molecular weight is 402 g/mol. The van der Waals surface area contributed by atoms with E-state index in [4.69, 9.17) is 4.74 Å². The van der Waals surface area contributed by atoms with Gasteiger partial charge in [-0.05, 0) is 30.7 Å². The molecule has 6 nitrogen and oxygen atoms in total. The van der Waals surface area contributed by atoms with Crippen molar-refractivity contribution in [3.05, 3.63) is 22.4 Å². The van der Waals surface area contributed by atoms with Crippen molar-refractivity contribution in [1.29, 1.82) is 0 Å². The van der Waals surface area contributed by atoms with Gasteiger partial charge in [-0.3, -0.25) is 9.59 Å². The van der Waals surface area contributed by atoms with Gasteiger partial charge in [-0.25, -0.2) is 0 Å². The number of nitrogens with zero attached hydrogens (tertiary/aromatic N) is 1. The number of thiophene rings is 1. The first kappa shape index (κ1) is 21.2. The van der Waals surface area contributed by atoms with Crippen LogP contribution in [0.3, 0.4) is 0 Å². The molecule has 0 aliphatic carbocycles. The number of carbonyl (C=O) groups is 2. The summed E-state index contributed by atoms with van der Waals surface area (Å²) in [7, 11) is 0. The molecule has 2 fully saturated rings. The molecule has 1 atom stereocenters. The number of ether oxygens (including phenoxy) is 1. The van der Waals surface area contributed by atoms with Crippen LogP contribution in [0.25, 0.3) is 0 Å². The Hall–Kier alpha value is -1.15. The normalized spacial score (nSPS) is 21.1. The molecule has 2 saturated heterocycles. The molecule has 146 valence electrons. The summed E-state index contributed by atoms with van der Waals surface area (Å²) in [5, 5.41) is 8.41. The maximum atomic E-state index is 12.4. The Kier molecular flexibility index (Phi) is 8.84. The van der Waals surface area contributed by atoms with Gasteiger partial charge in [-0.2, -0.15) is 0 Å². The van der Waals surface area contributed by atoms with E-state index in [2.05, 4.69) is 22.1 Å². The molecule has 2 N–H and O–H groups in total. The lowest BCUT2D eigenvalue weighted by Crippen LogP contribution is -2.47. The van der Waals surface area contributed by atoms with E-state index < -0.39 is 0 Å². The van der Waals surface area contributed by atoms with Crippen molar-refractivity contribution in [2.24, 2.45) is 5.92 Å². The molecule has 1 aromatic rings. The zero-order valence-corrected chi connectivity index (χ0v) is 16.6. The van der Waals surface area contributed by atoms with Gasteiger partial charge in [0.25, 0.3) is 0 Å². The molecule has 2 aliphatic heterocycles. The molecule has 0 saturated carbocycles. The summed E-state index contributed by atoms with van der Waals surface area (Å²) >= 11 is 1.72. The Morgan fingerprint density at radius 2 is 2.15 bits per heavy atom. The molecule has 26 heavy (non-hydrogen) atoms. The summed E-state index contributed by atoms with van der Waals surface area (Å²) in [4.78, 5) is 27.8. The molecule has 1 unspecified atom stereocenters. The van der Waals surface area contributed by atoms with Crippen LogP contribution in [0.5, 0.6) is 0 Å². The summed E-state index contributed by atoms with van der Waals surface area (Å²) in [5.74, 6) is 0.328. The highest BCUT2D eigenvalue weighted by Gasteiger charge is 2.28. The lowest BCUT2D eigenvalue weighted by Gasteiger charge is -2.33. The van der Waals surface area contributed by atoms with Crippen molar-refractivity contribution in [2.75, 3.05) is 39.4 Å². The van der Waals surface area contributed by atoms with Crippen LogP contribution in [-0.2, 0) is 20.7 Å². The lowest BCUT2D eigenvalue weighted by atomic mass is 9.95. The third-order valence-electron chi connectivity index (χ3n) is 4.89. The maximum Gasteiger partial charge on any atom is 0.224 e. The highest BCUT2D eigenvalue weighted by atomic mass is 35.5. The van der Waals surface area contributed by atoms with E-state index in [-0.39, 0.29) is 36.2 Å². The van der Waals surface area contributed by atoms with Crippen LogP contribution < -0.4 is 10.6 Å². The number of likely N-dealkylation sites (tertiary alicyclic amines) is 1. The van der Waals surface area contributed by atoms with Crippen molar-refractivity contribution in [3.8, 4) is 0 Å². The molecule has 1 aromatic heterocycles. The summed E-state index contributed by atoms with van der Waals surface area (Å²) in [6.07, 6.45) is 2.88. The first-order chi connectivity index (χ1) is 12.2. The van der Waals surface area contributed by atoms with Crippen molar-refractivity contribution in [1.82, 2.24) is 15.5 Å². The molecule has 0 aromatic carbocycles. The number of hydrogen-bond acceptors (Lipinski definition) is 5.